The molecule has 2 aromatic rings. The van der Waals surface area contributed by atoms with Crippen molar-refractivity contribution in [2.75, 3.05) is 73.0 Å². The molecule has 0 bridgehead atoms. The zero-order valence-electron chi connectivity index (χ0n) is 40.4. The van der Waals surface area contributed by atoms with Crippen molar-refractivity contribution < 1.29 is 46.9 Å². The molecule has 2 aliphatic heterocycles. The van der Waals surface area contributed by atoms with Crippen LogP contribution in [-0.4, -0.2) is 132 Å². The first-order chi connectivity index (χ1) is 30.6. The molecule has 0 aliphatic carbocycles. The van der Waals surface area contributed by atoms with Crippen LogP contribution in [0.25, 0.3) is 0 Å². The van der Waals surface area contributed by atoms with Gasteiger partial charge in [0.1, 0.15) is 6.10 Å². The van der Waals surface area contributed by atoms with E-state index >= 15 is 0 Å². The largest absolute Gasteiger partial charge is 0.457 e. The van der Waals surface area contributed by atoms with Crippen LogP contribution in [-0.2, 0) is 35.4 Å². The summed E-state index contributed by atoms with van der Waals surface area (Å²) in [6.45, 7) is 15.3. The fraction of sp³-hybridized carbons (Fsp3) is 0.681. The summed E-state index contributed by atoms with van der Waals surface area (Å²) in [4.78, 5) is 35.4. The molecule has 0 radical (unpaired) electrons. The topological polar surface area (TPSA) is 211 Å². The summed E-state index contributed by atoms with van der Waals surface area (Å²) in [5.74, 6) is 0.678. The molecule has 0 spiro atoms. The third-order valence-corrected chi connectivity index (χ3v) is 14.0. The number of hydrogen-bond donors (Lipinski definition) is 5. The molecule has 370 valence electrons. The lowest BCUT2D eigenvalue weighted by Crippen LogP contribution is -2.52. The summed E-state index contributed by atoms with van der Waals surface area (Å²) in [6, 6.07) is 15.2. The Morgan fingerprint density at radius 2 is 1.65 bits per heavy atom. The van der Waals surface area contributed by atoms with Crippen molar-refractivity contribution in [1.29, 1.82) is 0 Å². The van der Waals surface area contributed by atoms with Crippen LogP contribution >= 0.6 is 11.6 Å². The first-order valence-corrected chi connectivity index (χ1v) is 24.5. The molecule has 2 aromatic carbocycles. The van der Waals surface area contributed by atoms with Gasteiger partial charge in [0.05, 0.1) is 43.3 Å². The second-order valence-electron chi connectivity index (χ2n) is 18.6. The van der Waals surface area contributed by atoms with Gasteiger partial charge in [-0.3, -0.25) is 0 Å². The average molecular weight is 956 g/mol. The Balaban J connectivity index is 0.000000574. The van der Waals surface area contributed by atoms with E-state index in [0.29, 0.717) is 30.2 Å². The Bertz CT molecular complexity index is 1820. The molecule has 2 fully saturated rings. The number of carbonyl (C=O) groups is 3. The summed E-state index contributed by atoms with van der Waals surface area (Å²) in [5.41, 5.74) is 6.48. The number of hydrogen-bond acceptors (Lipinski definition) is 12. The molecule has 6 N–H and O–H groups in total. The molecule has 0 aromatic heterocycles. The van der Waals surface area contributed by atoms with Gasteiger partial charge in [-0.25, -0.2) is 22.8 Å². The highest BCUT2D eigenvalue weighted by atomic mass is 35.5. The van der Waals surface area contributed by atoms with Gasteiger partial charge < -0.3 is 50.6 Å². The first kappa shape index (κ1) is 57.4. The Kier molecular flexibility index (Phi) is 25.1. The molecule has 18 heteroatoms. The van der Waals surface area contributed by atoms with Gasteiger partial charge in [0.15, 0.2) is 6.29 Å². The van der Waals surface area contributed by atoms with E-state index in [1.54, 1.807) is 50.3 Å². The minimum Gasteiger partial charge on any atom is -0.457 e. The monoisotopic (exact) mass is 955 g/mol. The minimum atomic E-state index is -4.02. The molecule has 0 unspecified atom stereocenters. The number of nitrogens with one attached hydrogen (secondary N) is 3. The molecule has 2 saturated heterocycles. The molecule has 4 rings (SSSR count). The number of rotatable bonds is 22. The predicted molar refractivity (Wildman–Crippen MR) is 256 cm³/mol. The van der Waals surface area contributed by atoms with Crippen molar-refractivity contribution in [3.63, 3.8) is 0 Å². The van der Waals surface area contributed by atoms with Gasteiger partial charge in [-0.15, -0.1) is 0 Å². The normalized spacial score (nSPS) is 18.0. The highest BCUT2D eigenvalue weighted by Gasteiger charge is 2.44. The number of nitrogens with two attached hydrogens (primary N) is 1. The summed E-state index contributed by atoms with van der Waals surface area (Å²) in [5, 5.41) is 20.4. The van der Waals surface area contributed by atoms with Gasteiger partial charge in [0, 0.05) is 58.1 Å². The fourth-order valence-electron chi connectivity index (χ4n) is 7.22. The van der Waals surface area contributed by atoms with Gasteiger partial charge in [-0.05, 0) is 85.6 Å². The van der Waals surface area contributed by atoms with Crippen LogP contribution in [0.2, 0.25) is 0 Å². The maximum Gasteiger partial charge on any atom is 0.407 e. The highest BCUT2D eigenvalue weighted by Crippen LogP contribution is 2.34. The molecule has 2 heterocycles. The number of unbranched alkanes of at least 4 members (excludes halogenated alkanes) is 2. The van der Waals surface area contributed by atoms with Crippen molar-refractivity contribution in [3.8, 4) is 0 Å². The lowest BCUT2D eigenvalue weighted by atomic mass is 9.77. The molecular formula is C47H79ClN6O10S. The van der Waals surface area contributed by atoms with E-state index in [-0.39, 0.29) is 49.3 Å². The second kappa shape index (κ2) is 28.5. The SMILES string of the molecule is CC(C)C(C)(C)CCCCNC(=O)N(C)C.CNc1cccc(S(=O)(=O)N(C[C@@H](O)[C@H](Cc2ccccc2)NC(=O)O[C@H]2CO[C@H]3OCC[C@H]32)CC(C)(C)CCCCN)c1.COC(=O)Cl. The van der Waals surface area contributed by atoms with Crippen LogP contribution in [0.3, 0.4) is 0 Å². The van der Waals surface area contributed by atoms with Crippen LogP contribution in [0.4, 0.5) is 20.1 Å². The number of amides is 3. The van der Waals surface area contributed by atoms with Gasteiger partial charge in [-0.1, -0.05) is 90.8 Å². The number of nitrogens with zero attached hydrogens (tertiary/aromatic N) is 2. The number of sulfonamides is 1. The maximum atomic E-state index is 14.1. The predicted octanol–water partition coefficient (Wildman–Crippen LogP) is 7.44. The maximum absolute atomic E-state index is 14.1. The number of aliphatic hydroxyl groups is 1. The van der Waals surface area contributed by atoms with E-state index < -0.39 is 45.2 Å². The number of ether oxygens (including phenoxy) is 4. The minimum absolute atomic E-state index is 0.00289. The van der Waals surface area contributed by atoms with Crippen molar-refractivity contribution >= 4 is 44.9 Å². The van der Waals surface area contributed by atoms with E-state index in [1.165, 1.54) is 24.3 Å². The Labute approximate surface area is 394 Å². The average Bonchev–Trinajstić information content (AvgIpc) is 3.89. The summed E-state index contributed by atoms with van der Waals surface area (Å²) in [6.07, 6.45) is 4.18. The smallest absolute Gasteiger partial charge is 0.407 e. The Hall–Kier alpha value is -3.71. The number of urea groups is 1. The number of alkyl carbamates (subject to hydrolysis) is 1. The highest BCUT2D eigenvalue weighted by molar-refractivity contribution is 7.89. The summed E-state index contributed by atoms with van der Waals surface area (Å²) < 4.78 is 50.3. The summed E-state index contributed by atoms with van der Waals surface area (Å²) >= 11 is 4.60. The molecule has 16 nitrogen and oxygen atoms in total. The van der Waals surface area contributed by atoms with Crippen molar-refractivity contribution in [1.82, 2.24) is 19.8 Å². The van der Waals surface area contributed by atoms with E-state index in [1.807, 2.05) is 44.2 Å². The Morgan fingerprint density at radius 3 is 2.25 bits per heavy atom. The van der Waals surface area contributed by atoms with Gasteiger partial charge >= 0.3 is 17.6 Å². The summed E-state index contributed by atoms with van der Waals surface area (Å²) in [7, 11) is 2.44. The van der Waals surface area contributed by atoms with Crippen LogP contribution in [0.1, 0.15) is 92.1 Å². The van der Waals surface area contributed by atoms with Crippen molar-refractivity contribution in [3.05, 3.63) is 60.2 Å². The number of methoxy groups -OCH3 is 1. The quantitative estimate of drug-likeness (QED) is 0.0576. The van der Waals surface area contributed by atoms with Gasteiger partial charge in [0.25, 0.3) is 0 Å². The molecular weight excluding hydrogens is 876 g/mol. The first-order valence-electron chi connectivity index (χ1n) is 22.7. The standard InChI is InChI=1S/C32H48N4O7S.C13H28N2O.C2H3ClO2/c1-32(2,15-7-8-16-33)22-36(44(39,40)25-13-9-12-24(19-25)34-3)20-28(37)27(18-23-10-5-4-6-11-23)35-31(38)43-29-21-42-30-26(29)14-17-41-30;1-11(2)13(3,4)9-7-8-10-14-12(16)15(5)6;1-5-2(3)4/h4-6,9-13,19,26-30,34,37H,7-8,14-18,20-22,33H2,1-3H3,(H,35,38);11H,7-10H2,1-6H3,(H,14,16);1H3/t26-,27-,28+,29-,30+;;/m0../s1. The molecule has 0 saturated carbocycles. The fourth-order valence-corrected chi connectivity index (χ4v) is 8.91. The van der Waals surface area contributed by atoms with Gasteiger partial charge in [-0.2, -0.15) is 4.31 Å². The molecule has 2 aliphatic rings. The zero-order chi connectivity index (χ0) is 48.8. The lowest BCUT2D eigenvalue weighted by Gasteiger charge is -2.35. The number of halogens is 1. The third-order valence-electron chi connectivity index (χ3n) is 12.0. The van der Waals surface area contributed by atoms with Gasteiger partial charge in [0.2, 0.25) is 10.0 Å². The number of fused-ring (bicyclic) bond motifs is 1. The molecule has 3 amide bonds. The number of aliphatic hydroxyl groups excluding tert-OH is 1. The van der Waals surface area contributed by atoms with Crippen LogP contribution in [0, 0.1) is 22.7 Å². The van der Waals surface area contributed by atoms with E-state index in [2.05, 4.69) is 60.0 Å². The molecule has 65 heavy (non-hydrogen) atoms. The number of benzene rings is 2. The third kappa shape index (κ3) is 20.8. The van der Waals surface area contributed by atoms with E-state index in [9.17, 15) is 27.9 Å². The molecule has 5 atom stereocenters. The Morgan fingerprint density at radius 1 is 0.985 bits per heavy atom. The number of carbonyl (C=O) groups excluding carboxylic acids is 3. The van der Waals surface area contributed by atoms with Crippen LogP contribution in [0.15, 0.2) is 59.5 Å². The number of anilines is 1. The second-order valence-corrected chi connectivity index (χ2v) is 20.9. The van der Waals surface area contributed by atoms with E-state index in [4.69, 9.17) is 19.9 Å². The van der Waals surface area contributed by atoms with Crippen molar-refractivity contribution in [2.24, 2.45) is 28.4 Å². The van der Waals surface area contributed by atoms with Crippen LogP contribution < -0.4 is 21.7 Å². The zero-order valence-corrected chi connectivity index (χ0v) is 42.0. The van der Waals surface area contributed by atoms with Crippen molar-refractivity contribution in [2.45, 2.75) is 122 Å². The van der Waals surface area contributed by atoms with E-state index in [0.717, 1.165) is 44.2 Å². The lowest BCUT2D eigenvalue weighted by molar-refractivity contribution is -0.0907. The van der Waals surface area contributed by atoms with Crippen LogP contribution in [0.5, 0.6) is 0 Å².